The summed E-state index contributed by atoms with van der Waals surface area (Å²) in [7, 11) is 0. The topological polar surface area (TPSA) is 74.7 Å². The van der Waals surface area contributed by atoms with Crippen molar-refractivity contribution in [3.05, 3.63) is 53.9 Å². The SMILES string of the molecule is N[C@H]1CCN(C(=S)Nc2cnn3ccc(N4C[C@@H](F)C[C@@H]4c4cc(F)ccc4F)nc23)C1. The second-order valence-electron chi connectivity index (χ2n) is 8.20. The molecule has 5 rings (SSSR count). The Morgan fingerprint density at radius 3 is 2.84 bits per heavy atom. The fourth-order valence-electron chi connectivity index (χ4n) is 4.38. The molecule has 0 unspecified atom stereocenters. The summed E-state index contributed by atoms with van der Waals surface area (Å²) in [5, 5.41) is 7.98. The van der Waals surface area contributed by atoms with E-state index < -0.39 is 23.8 Å². The second-order valence-corrected chi connectivity index (χ2v) is 8.59. The number of thiocarbonyl (C=S) groups is 1. The number of alkyl halides is 1. The van der Waals surface area contributed by atoms with Crippen LogP contribution in [0.4, 0.5) is 24.7 Å². The molecule has 0 saturated carbocycles. The summed E-state index contributed by atoms with van der Waals surface area (Å²) in [6.07, 6.45) is 3.05. The zero-order valence-electron chi connectivity index (χ0n) is 17.1. The third-order valence-corrected chi connectivity index (χ3v) is 6.33. The van der Waals surface area contributed by atoms with Gasteiger partial charge in [-0.2, -0.15) is 5.10 Å². The van der Waals surface area contributed by atoms with Gasteiger partial charge < -0.3 is 20.9 Å². The van der Waals surface area contributed by atoms with Crippen molar-refractivity contribution in [3.63, 3.8) is 0 Å². The summed E-state index contributed by atoms with van der Waals surface area (Å²) in [5.41, 5.74) is 7.17. The molecule has 2 aliphatic heterocycles. The van der Waals surface area contributed by atoms with Crippen molar-refractivity contribution in [1.29, 1.82) is 0 Å². The highest BCUT2D eigenvalue weighted by atomic mass is 32.1. The Bertz CT molecular complexity index is 1170. The van der Waals surface area contributed by atoms with Gasteiger partial charge in [-0.3, -0.25) is 0 Å². The number of likely N-dealkylation sites (tertiary alicyclic amines) is 1. The summed E-state index contributed by atoms with van der Waals surface area (Å²) in [6.45, 7) is 1.48. The minimum absolute atomic E-state index is 0.0325. The predicted octanol–water partition coefficient (Wildman–Crippen LogP) is 3.03. The molecule has 0 spiro atoms. The van der Waals surface area contributed by atoms with Crippen molar-refractivity contribution < 1.29 is 13.2 Å². The highest BCUT2D eigenvalue weighted by Crippen LogP contribution is 2.38. The molecule has 0 radical (unpaired) electrons. The fourth-order valence-corrected chi connectivity index (χ4v) is 4.65. The molecule has 0 aliphatic carbocycles. The van der Waals surface area contributed by atoms with Gasteiger partial charge in [0.1, 0.15) is 29.3 Å². The molecule has 168 valence electrons. The quantitative estimate of drug-likeness (QED) is 0.581. The zero-order valence-corrected chi connectivity index (χ0v) is 17.9. The first-order valence-electron chi connectivity index (χ1n) is 10.4. The minimum atomic E-state index is -1.19. The lowest BCUT2D eigenvalue weighted by Gasteiger charge is -2.26. The van der Waals surface area contributed by atoms with Crippen LogP contribution in [-0.2, 0) is 0 Å². The standard InChI is InChI=1S/C21H22F3N7S/c22-12-1-2-16(24)15(7-12)18-8-13(23)10-30(18)19-4-6-31-20(28-19)17(9-26-31)27-21(32)29-5-3-14(25)11-29/h1-2,4,6-7,9,13-14,18H,3,5,8,10-11,25H2,(H,27,32)/t13-,14-,18+/m0/s1. The molecule has 3 aromatic rings. The summed E-state index contributed by atoms with van der Waals surface area (Å²) >= 11 is 5.50. The van der Waals surface area contributed by atoms with Crippen LogP contribution in [0.15, 0.2) is 36.7 Å². The first kappa shape index (κ1) is 21.0. The molecule has 2 aromatic heterocycles. The number of hydrogen-bond donors (Lipinski definition) is 2. The number of nitrogens with two attached hydrogens (primary N) is 1. The van der Waals surface area contributed by atoms with Crippen LogP contribution in [0.5, 0.6) is 0 Å². The largest absolute Gasteiger partial charge is 0.347 e. The zero-order chi connectivity index (χ0) is 22.4. The van der Waals surface area contributed by atoms with Crippen molar-refractivity contribution in [3.8, 4) is 0 Å². The number of aromatic nitrogens is 3. The van der Waals surface area contributed by atoms with E-state index in [-0.39, 0.29) is 24.6 Å². The monoisotopic (exact) mass is 461 g/mol. The van der Waals surface area contributed by atoms with E-state index in [0.717, 1.165) is 31.2 Å². The Morgan fingerprint density at radius 1 is 1.22 bits per heavy atom. The third kappa shape index (κ3) is 3.86. The number of anilines is 2. The third-order valence-electron chi connectivity index (χ3n) is 5.97. The number of hydrogen-bond acceptors (Lipinski definition) is 5. The highest BCUT2D eigenvalue weighted by Gasteiger charge is 2.36. The first-order valence-corrected chi connectivity index (χ1v) is 10.8. The van der Waals surface area contributed by atoms with Gasteiger partial charge in [0.05, 0.1) is 18.8 Å². The minimum Gasteiger partial charge on any atom is -0.347 e. The molecular weight excluding hydrogens is 439 g/mol. The molecule has 4 heterocycles. The van der Waals surface area contributed by atoms with Crippen LogP contribution in [-0.4, -0.2) is 56.5 Å². The Balaban J connectivity index is 1.45. The number of fused-ring (bicyclic) bond motifs is 1. The molecule has 2 aliphatic rings. The van der Waals surface area contributed by atoms with Crippen molar-refractivity contribution in [1.82, 2.24) is 19.5 Å². The lowest BCUT2D eigenvalue weighted by molar-refractivity contribution is 0.355. The summed E-state index contributed by atoms with van der Waals surface area (Å²) in [6, 6.07) is 4.35. The maximum absolute atomic E-state index is 14.4. The lowest BCUT2D eigenvalue weighted by Crippen LogP contribution is -2.35. The van der Waals surface area contributed by atoms with E-state index in [9.17, 15) is 13.2 Å². The molecule has 0 amide bonds. The Morgan fingerprint density at radius 2 is 2.06 bits per heavy atom. The van der Waals surface area contributed by atoms with E-state index in [0.29, 0.717) is 28.8 Å². The van der Waals surface area contributed by atoms with Gasteiger partial charge in [-0.25, -0.2) is 22.7 Å². The van der Waals surface area contributed by atoms with Crippen LogP contribution in [0.3, 0.4) is 0 Å². The smallest absolute Gasteiger partial charge is 0.180 e. The van der Waals surface area contributed by atoms with Gasteiger partial charge >= 0.3 is 0 Å². The molecule has 11 heteroatoms. The average molecular weight is 462 g/mol. The molecular formula is C21H22F3N7S. The molecule has 3 atom stereocenters. The molecule has 7 nitrogen and oxygen atoms in total. The fraction of sp³-hybridized carbons (Fsp3) is 0.381. The van der Waals surface area contributed by atoms with Crippen LogP contribution in [0.25, 0.3) is 5.65 Å². The summed E-state index contributed by atoms with van der Waals surface area (Å²) < 4.78 is 44.2. The summed E-state index contributed by atoms with van der Waals surface area (Å²) in [5.74, 6) is -0.689. The van der Waals surface area contributed by atoms with Gasteiger partial charge in [-0.1, -0.05) is 0 Å². The second kappa shape index (κ2) is 8.21. The van der Waals surface area contributed by atoms with Gasteiger partial charge in [-0.15, -0.1) is 0 Å². The number of nitrogens with one attached hydrogen (secondary N) is 1. The first-order chi connectivity index (χ1) is 15.4. The molecule has 2 saturated heterocycles. The maximum Gasteiger partial charge on any atom is 0.180 e. The Labute approximate surface area is 188 Å². The molecule has 0 bridgehead atoms. The van der Waals surface area contributed by atoms with Crippen LogP contribution in [0.2, 0.25) is 0 Å². The van der Waals surface area contributed by atoms with E-state index >= 15 is 0 Å². The van der Waals surface area contributed by atoms with Gasteiger partial charge in [0.25, 0.3) is 0 Å². The molecule has 2 fully saturated rings. The van der Waals surface area contributed by atoms with Gasteiger partial charge in [0, 0.05) is 37.3 Å². The van der Waals surface area contributed by atoms with Crippen LogP contribution >= 0.6 is 12.2 Å². The molecule has 3 N–H and O–H groups in total. The van der Waals surface area contributed by atoms with E-state index in [2.05, 4.69) is 15.4 Å². The number of nitrogens with zero attached hydrogens (tertiary/aromatic N) is 5. The van der Waals surface area contributed by atoms with Crippen LogP contribution < -0.4 is 16.0 Å². The number of halogens is 3. The normalized spacial score (nSPS) is 23.3. The maximum atomic E-state index is 14.4. The van der Waals surface area contributed by atoms with Crippen molar-refractivity contribution >= 4 is 34.5 Å². The van der Waals surface area contributed by atoms with Crippen molar-refractivity contribution in [2.75, 3.05) is 29.9 Å². The number of benzene rings is 1. The van der Waals surface area contributed by atoms with Gasteiger partial charge in [0.15, 0.2) is 10.8 Å². The van der Waals surface area contributed by atoms with Gasteiger partial charge in [-0.05, 0) is 42.9 Å². The van der Waals surface area contributed by atoms with E-state index in [4.69, 9.17) is 18.0 Å². The lowest BCUT2D eigenvalue weighted by atomic mass is 10.0. The van der Waals surface area contributed by atoms with E-state index in [1.54, 1.807) is 27.9 Å². The average Bonchev–Trinajstić information content (AvgIpc) is 3.48. The van der Waals surface area contributed by atoms with E-state index in [1.165, 1.54) is 0 Å². The van der Waals surface area contributed by atoms with Crippen LogP contribution in [0, 0.1) is 11.6 Å². The van der Waals surface area contributed by atoms with Crippen LogP contribution in [0.1, 0.15) is 24.4 Å². The Hall–Kier alpha value is -2.92. The molecule has 32 heavy (non-hydrogen) atoms. The van der Waals surface area contributed by atoms with Crippen molar-refractivity contribution in [2.45, 2.75) is 31.1 Å². The van der Waals surface area contributed by atoms with Crippen molar-refractivity contribution in [2.24, 2.45) is 5.73 Å². The van der Waals surface area contributed by atoms with Gasteiger partial charge in [0.2, 0.25) is 0 Å². The summed E-state index contributed by atoms with van der Waals surface area (Å²) in [4.78, 5) is 8.31. The highest BCUT2D eigenvalue weighted by molar-refractivity contribution is 7.80. The van der Waals surface area contributed by atoms with E-state index in [1.807, 2.05) is 4.90 Å². The molecule has 1 aromatic carbocycles. The predicted molar refractivity (Wildman–Crippen MR) is 119 cm³/mol. The number of rotatable bonds is 3. The Kier molecular flexibility index (Phi) is 5.38.